The molecule has 1 fully saturated rings. The van der Waals surface area contributed by atoms with Gasteiger partial charge in [0.1, 0.15) is 0 Å². The highest BCUT2D eigenvalue weighted by molar-refractivity contribution is 7.09. The molecule has 0 aliphatic carbocycles. The summed E-state index contributed by atoms with van der Waals surface area (Å²) in [7, 11) is 1.72. The van der Waals surface area contributed by atoms with Gasteiger partial charge in [0.25, 0.3) is 0 Å². The van der Waals surface area contributed by atoms with Crippen LogP contribution in [0, 0.1) is 6.92 Å². The van der Waals surface area contributed by atoms with E-state index in [2.05, 4.69) is 20.4 Å². The fraction of sp³-hybridized carbons (Fsp3) is 0.583. The van der Waals surface area contributed by atoms with Crippen LogP contribution in [0.15, 0.2) is 9.90 Å². The number of ether oxygens (including phenoxy) is 1. The van der Waals surface area contributed by atoms with Gasteiger partial charge in [0.05, 0.1) is 29.3 Å². The molecule has 0 amide bonds. The van der Waals surface area contributed by atoms with E-state index in [1.54, 1.807) is 18.4 Å². The number of nitrogens with one attached hydrogen (secondary N) is 1. The van der Waals surface area contributed by atoms with Crippen LogP contribution in [0.2, 0.25) is 0 Å². The van der Waals surface area contributed by atoms with E-state index < -0.39 is 0 Å². The van der Waals surface area contributed by atoms with Crippen LogP contribution in [0.25, 0.3) is 0 Å². The minimum absolute atomic E-state index is 0.100. The SMILES string of the molecule is COC1CNC(c2nc(Cc3csc(C)n3)no2)C1. The predicted octanol–water partition coefficient (Wildman–Crippen LogP) is 1.47. The Morgan fingerprint density at radius 1 is 1.53 bits per heavy atom. The van der Waals surface area contributed by atoms with Crippen molar-refractivity contribution in [1.82, 2.24) is 20.4 Å². The predicted molar refractivity (Wildman–Crippen MR) is 70.1 cm³/mol. The first-order valence-corrected chi connectivity index (χ1v) is 7.12. The number of thiazole rings is 1. The molecule has 2 aromatic rings. The zero-order chi connectivity index (χ0) is 13.2. The molecule has 2 unspecified atom stereocenters. The van der Waals surface area contributed by atoms with E-state index in [1.807, 2.05) is 12.3 Å². The number of hydrogen-bond acceptors (Lipinski definition) is 7. The van der Waals surface area contributed by atoms with Crippen LogP contribution in [0.5, 0.6) is 0 Å². The zero-order valence-corrected chi connectivity index (χ0v) is 11.7. The Kier molecular flexibility index (Phi) is 3.58. The maximum absolute atomic E-state index is 5.32. The fourth-order valence-electron chi connectivity index (χ4n) is 2.20. The van der Waals surface area contributed by atoms with Crippen molar-refractivity contribution in [2.45, 2.75) is 31.9 Å². The Balaban J connectivity index is 1.66. The van der Waals surface area contributed by atoms with Crippen LogP contribution < -0.4 is 5.32 Å². The number of methoxy groups -OCH3 is 1. The molecule has 1 aliphatic heterocycles. The second-order valence-electron chi connectivity index (χ2n) is 4.64. The quantitative estimate of drug-likeness (QED) is 0.914. The van der Waals surface area contributed by atoms with Gasteiger partial charge in [0.15, 0.2) is 5.82 Å². The van der Waals surface area contributed by atoms with Gasteiger partial charge < -0.3 is 14.6 Å². The zero-order valence-electron chi connectivity index (χ0n) is 10.9. The Hall–Kier alpha value is -1.31. The summed E-state index contributed by atoms with van der Waals surface area (Å²) in [6.07, 6.45) is 1.71. The van der Waals surface area contributed by atoms with Gasteiger partial charge in [-0.05, 0) is 13.3 Å². The third kappa shape index (κ3) is 2.83. The average Bonchev–Trinajstić information content (AvgIpc) is 3.10. The summed E-state index contributed by atoms with van der Waals surface area (Å²) in [5.74, 6) is 1.32. The van der Waals surface area contributed by atoms with Crippen molar-refractivity contribution in [2.24, 2.45) is 0 Å². The Morgan fingerprint density at radius 2 is 2.42 bits per heavy atom. The number of nitrogens with zero attached hydrogens (tertiary/aromatic N) is 3. The van der Waals surface area contributed by atoms with Gasteiger partial charge in [-0.1, -0.05) is 5.16 Å². The van der Waals surface area contributed by atoms with Crippen molar-refractivity contribution in [3.8, 4) is 0 Å². The Labute approximate surface area is 115 Å². The summed E-state index contributed by atoms with van der Waals surface area (Å²) in [6.45, 7) is 2.81. The minimum Gasteiger partial charge on any atom is -0.380 e. The lowest BCUT2D eigenvalue weighted by Gasteiger charge is -2.04. The monoisotopic (exact) mass is 280 g/mol. The molecule has 0 bridgehead atoms. The van der Waals surface area contributed by atoms with Crippen molar-refractivity contribution in [3.05, 3.63) is 27.8 Å². The molecule has 1 N–H and O–H groups in total. The molecule has 3 heterocycles. The molecule has 2 aromatic heterocycles. The molecule has 102 valence electrons. The van der Waals surface area contributed by atoms with Crippen LogP contribution in [0.1, 0.15) is 34.9 Å². The normalized spacial score (nSPS) is 23.1. The first kappa shape index (κ1) is 12.7. The van der Waals surface area contributed by atoms with Crippen LogP contribution in [0.4, 0.5) is 0 Å². The molecule has 7 heteroatoms. The van der Waals surface area contributed by atoms with Crippen molar-refractivity contribution in [3.63, 3.8) is 0 Å². The van der Waals surface area contributed by atoms with Crippen LogP contribution >= 0.6 is 11.3 Å². The third-order valence-electron chi connectivity index (χ3n) is 3.21. The highest BCUT2D eigenvalue weighted by Crippen LogP contribution is 2.23. The first-order valence-electron chi connectivity index (χ1n) is 6.24. The lowest BCUT2D eigenvalue weighted by molar-refractivity contribution is 0.116. The molecule has 6 nitrogen and oxygen atoms in total. The number of aromatic nitrogens is 3. The highest BCUT2D eigenvalue weighted by Gasteiger charge is 2.29. The summed E-state index contributed by atoms with van der Waals surface area (Å²) in [6, 6.07) is 0.100. The molecule has 0 spiro atoms. The second-order valence-corrected chi connectivity index (χ2v) is 5.70. The van der Waals surface area contributed by atoms with E-state index in [4.69, 9.17) is 9.26 Å². The van der Waals surface area contributed by atoms with Gasteiger partial charge in [0, 0.05) is 19.0 Å². The molecular weight excluding hydrogens is 264 g/mol. The van der Waals surface area contributed by atoms with E-state index >= 15 is 0 Å². The lowest BCUT2D eigenvalue weighted by atomic mass is 10.2. The largest absolute Gasteiger partial charge is 0.380 e. The summed E-state index contributed by atoms with van der Waals surface area (Å²) in [4.78, 5) is 8.83. The summed E-state index contributed by atoms with van der Waals surface area (Å²) >= 11 is 1.63. The molecular formula is C12H16N4O2S. The minimum atomic E-state index is 0.100. The summed E-state index contributed by atoms with van der Waals surface area (Å²) in [5, 5.41) is 10.4. The van der Waals surface area contributed by atoms with Gasteiger partial charge in [-0.15, -0.1) is 11.3 Å². The number of rotatable bonds is 4. The topological polar surface area (TPSA) is 73.1 Å². The second kappa shape index (κ2) is 5.36. The van der Waals surface area contributed by atoms with Gasteiger partial charge in [-0.3, -0.25) is 0 Å². The van der Waals surface area contributed by atoms with Crippen molar-refractivity contribution >= 4 is 11.3 Å². The molecule has 19 heavy (non-hydrogen) atoms. The Morgan fingerprint density at radius 3 is 3.11 bits per heavy atom. The van der Waals surface area contributed by atoms with Crippen molar-refractivity contribution < 1.29 is 9.26 Å². The standard InChI is InChI=1S/C12H16N4O2S/c1-7-14-8(6-19-7)3-11-15-12(18-16-11)10-4-9(17-2)5-13-10/h6,9-10,13H,3-5H2,1-2H3. The fourth-order valence-corrected chi connectivity index (χ4v) is 2.82. The van der Waals surface area contributed by atoms with Gasteiger partial charge in [-0.25, -0.2) is 4.98 Å². The van der Waals surface area contributed by atoms with E-state index in [0.29, 0.717) is 18.1 Å². The van der Waals surface area contributed by atoms with Gasteiger partial charge in [0.2, 0.25) is 5.89 Å². The van der Waals surface area contributed by atoms with Crippen LogP contribution in [-0.2, 0) is 11.2 Å². The number of hydrogen-bond donors (Lipinski definition) is 1. The lowest BCUT2D eigenvalue weighted by Crippen LogP contribution is -2.16. The highest BCUT2D eigenvalue weighted by atomic mass is 32.1. The first-order chi connectivity index (χ1) is 9.24. The van der Waals surface area contributed by atoms with E-state index in [0.717, 1.165) is 23.7 Å². The van der Waals surface area contributed by atoms with Gasteiger partial charge in [-0.2, -0.15) is 4.98 Å². The van der Waals surface area contributed by atoms with E-state index in [-0.39, 0.29) is 12.1 Å². The smallest absolute Gasteiger partial charge is 0.243 e. The van der Waals surface area contributed by atoms with Crippen molar-refractivity contribution in [2.75, 3.05) is 13.7 Å². The summed E-state index contributed by atoms with van der Waals surface area (Å²) < 4.78 is 10.6. The molecule has 2 atom stereocenters. The Bertz CT molecular complexity index is 553. The van der Waals surface area contributed by atoms with Crippen molar-refractivity contribution in [1.29, 1.82) is 0 Å². The van der Waals surface area contributed by atoms with Crippen LogP contribution in [0.3, 0.4) is 0 Å². The van der Waals surface area contributed by atoms with E-state index in [9.17, 15) is 0 Å². The molecule has 1 saturated heterocycles. The maximum atomic E-state index is 5.32. The molecule has 3 rings (SSSR count). The molecule has 1 aliphatic rings. The van der Waals surface area contributed by atoms with Crippen LogP contribution in [-0.4, -0.2) is 34.9 Å². The molecule has 0 saturated carbocycles. The maximum Gasteiger partial charge on any atom is 0.243 e. The summed E-state index contributed by atoms with van der Waals surface area (Å²) in [5.41, 5.74) is 0.990. The average molecular weight is 280 g/mol. The molecule has 0 radical (unpaired) electrons. The van der Waals surface area contributed by atoms with Gasteiger partial charge >= 0.3 is 0 Å². The molecule has 0 aromatic carbocycles. The van der Waals surface area contributed by atoms with E-state index in [1.165, 1.54) is 0 Å². The number of aryl methyl sites for hydroxylation is 1. The third-order valence-corrected chi connectivity index (χ3v) is 4.03.